The molecule has 21 heavy (non-hydrogen) atoms. The molecule has 2 saturated carbocycles. The Morgan fingerprint density at radius 1 is 1.10 bits per heavy atom. The molecule has 4 aliphatic carbocycles. The maximum atomic E-state index is 12.3. The molecule has 2 fully saturated rings. The molecule has 0 heterocycles. The number of carbonyl (C=O) groups is 2. The highest BCUT2D eigenvalue weighted by molar-refractivity contribution is 5.91. The van der Waals surface area contributed by atoms with Gasteiger partial charge in [0.05, 0.1) is 0 Å². The Labute approximate surface area is 126 Å². The first-order valence-electron chi connectivity index (χ1n) is 8.39. The smallest absolute Gasteiger partial charge is 0.156 e. The first-order chi connectivity index (χ1) is 9.95. The van der Waals surface area contributed by atoms with E-state index >= 15 is 0 Å². The first kappa shape index (κ1) is 13.5. The van der Waals surface area contributed by atoms with Gasteiger partial charge in [0.25, 0.3) is 0 Å². The largest absolute Gasteiger partial charge is 0.299 e. The fraction of sp³-hybridized carbons (Fsp3) is 0.684. The number of fused-ring (bicyclic) bond motifs is 5. The van der Waals surface area contributed by atoms with Crippen LogP contribution in [0.2, 0.25) is 0 Å². The summed E-state index contributed by atoms with van der Waals surface area (Å²) in [4.78, 5) is 24.1. The van der Waals surface area contributed by atoms with E-state index in [9.17, 15) is 9.59 Å². The summed E-state index contributed by atoms with van der Waals surface area (Å²) in [6.07, 6.45) is 13.3. The van der Waals surface area contributed by atoms with Gasteiger partial charge >= 0.3 is 0 Å². The average molecular weight is 284 g/mol. The number of rotatable bonds is 0. The van der Waals surface area contributed by atoms with Crippen LogP contribution in [0.3, 0.4) is 0 Å². The minimum absolute atomic E-state index is 0.0805. The predicted molar refractivity (Wildman–Crippen MR) is 81.6 cm³/mol. The van der Waals surface area contributed by atoms with E-state index in [4.69, 9.17) is 0 Å². The van der Waals surface area contributed by atoms with E-state index < -0.39 is 0 Å². The van der Waals surface area contributed by atoms with Crippen LogP contribution in [0.1, 0.15) is 46.0 Å². The standard InChI is InChI=1S/C19H24O2/c1-18-9-7-13(20)11-12(18)3-4-14-15-5-6-17(21)19(15,2)10-8-16(14)18/h3-4,7,9,12,14-16H,5-6,8,10-11H2,1-2H3/t12?,14-,15-,16+,18-,19-/m0/s1. The van der Waals surface area contributed by atoms with Crippen LogP contribution in [0.15, 0.2) is 24.3 Å². The summed E-state index contributed by atoms with van der Waals surface area (Å²) in [6.45, 7) is 4.53. The van der Waals surface area contributed by atoms with E-state index in [1.807, 2.05) is 0 Å². The van der Waals surface area contributed by atoms with Crippen LogP contribution in [0, 0.1) is 34.5 Å². The Morgan fingerprint density at radius 3 is 2.71 bits per heavy atom. The third-order valence-electron chi connectivity index (χ3n) is 7.25. The van der Waals surface area contributed by atoms with Crippen LogP contribution >= 0.6 is 0 Å². The maximum Gasteiger partial charge on any atom is 0.156 e. The number of carbonyl (C=O) groups excluding carboxylic acids is 2. The Hall–Kier alpha value is -1.18. The SMILES string of the molecule is C[C@]12C=CC(=O)CC1C=C[C@@H]1[C@H]2CC[C@]2(C)C(=O)CC[C@@H]12. The van der Waals surface area contributed by atoms with Crippen LogP contribution in [-0.2, 0) is 9.59 Å². The third kappa shape index (κ3) is 1.65. The van der Waals surface area contributed by atoms with Gasteiger partial charge in [-0.2, -0.15) is 0 Å². The van der Waals surface area contributed by atoms with Gasteiger partial charge in [-0.3, -0.25) is 9.59 Å². The second-order valence-corrected chi connectivity index (χ2v) is 8.07. The molecule has 0 spiro atoms. The summed E-state index contributed by atoms with van der Waals surface area (Å²) >= 11 is 0. The van der Waals surface area contributed by atoms with Crippen molar-refractivity contribution in [1.29, 1.82) is 0 Å². The number of ketones is 2. The van der Waals surface area contributed by atoms with Crippen LogP contribution < -0.4 is 0 Å². The molecular weight excluding hydrogens is 260 g/mol. The zero-order chi connectivity index (χ0) is 14.8. The minimum Gasteiger partial charge on any atom is -0.299 e. The van der Waals surface area contributed by atoms with E-state index in [0.29, 0.717) is 35.9 Å². The van der Waals surface area contributed by atoms with Gasteiger partial charge in [-0.25, -0.2) is 0 Å². The molecule has 0 bridgehead atoms. The summed E-state index contributed by atoms with van der Waals surface area (Å²) in [6, 6.07) is 0. The number of hydrogen-bond donors (Lipinski definition) is 0. The molecule has 1 unspecified atom stereocenters. The number of hydrogen-bond acceptors (Lipinski definition) is 2. The lowest BCUT2D eigenvalue weighted by molar-refractivity contribution is -0.131. The fourth-order valence-electron chi connectivity index (χ4n) is 5.80. The van der Waals surface area contributed by atoms with Crippen molar-refractivity contribution in [3.8, 4) is 0 Å². The molecule has 0 aromatic rings. The van der Waals surface area contributed by atoms with Crippen molar-refractivity contribution in [1.82, 2.24) is 0 Å². The summed E-state index contributed by atoms with van der Waals surface area (Å²) < 4.78 is 0. The van der Waals surface area contributed by atoms with E-state index in [-0.39, 0.29) is 16.6 Å². The highest BCUT2D eigenvalue weighted by atomic mass is 16.1. The Kier molecular flexibility index (Phi) is 2.68. The highest BCUT2D eigenvalue weighted by Gasteiger charge is 2.58. The topological polar surface area (TPSA) is 34.1 Å². The van der Waals surface area contributed by atoms with E-state index in [1.165, 1.54) is 0 Å². The summed E-state index contributed by atoms with van der Waals surface area (Å²) in [5, 5.41) is 0. The lowest BCUT2D eigenvalue weighted by Gasteiger charge is -2.55. The normalized spacial score (nSPS) is 51.5. The highest BCUT2D eigenvalue weighted by Crippen LogP contribution is 2.62. The van der Waals surface area contributed by atoms with Crippen molar-refractivity contribution in [3.05, 3.63) is 24.3 Å². The Bertz CT molecular complexity index is 572. The Morgan fingerprint density at radius 2 is 1.90 bits per heavy atom. The monoisotopic (exact) mass is 284 g/mol. The quantitative estimate of drug-likeness (QED) is 0.635. The van der Waals surface area contributed by atoms with Gasteiger partial charge in [-0.1, -0.05) is 32.1 Å². The van der Waals surface area contributed by atoms with Crippen molar-refractivity contribution < 1.29 is 9.59 Å². The van der Waals surface area contributed by atoms with Crippen LogP contribution in [-0.4, -0.2) is 11.6 Å². The fourth-order valence-corrected chi connectivity index (χ4v) is 5.80. The first-order valence-corrected chi connectivity index (χ1v) is 8.39. The van der Waals surface area contributed by atoms with E-state index in [2.05, 4.69) is 32.1 Å². The molecule has 2 nitrogen and oxygen atoms in total. The second kappa shape index (κ2) is 4.18. The maximum absolute atomic E-state index is 12.3. The molecule has 0 aromatic carbocycles. The molecule has 4 aliphatic rings. The van der Waals surface area contributed by atoms with Gasteiger partial charge in [0.2, 0.25) is 0 Å². The van der Waals surface area contributed by atoms with Gasteiger partial charge in [-0.05, 0) is 54.4 Å². The predicted octanol–water partition coefficient (Wildman–Crippen LogP) is 3.72. The molecule has 2 heteroatoms. The van der Waals surface area contributed by atoms with E-state index in [0.717, 1.165) is 25.7 Å². The zero-order valence-corrected chi connectivity index (χ0v) is 13.0. The zero-order valence-electron chi connectivity index (χ0n) is 13.0. The van der Waals surface area contributed by atoms with Gasteiger partial charge < -0.3 is 0 Å². The van der Waals surface area contributed by atoms with Gasteiger partial charge in [-0.15, -0.1) is 0 Å². The van der Waals surface area contributed by atoms with Crippen molar-refractivity contribution in [3.63, 3.8) is 0 Å². The lowest BCUT2D eigenvalue weighted by atomic mass is 9.48. The van der Waals surface area contributed by atoms with Crippen molar-refractivity contribution >= 4 is 11.6 Å². The minimum atomic E-state index is -0.0805. The molecule has 112 valence electrons. The van der Waals surface area contributed by atoms with Crippen molar-refractivity contribution in [2.75, 3.05) is 0 Å². The average Bonchev–Trinajstić information content (AvgIpc) is 2.76. The van der Waals surface area contributed by atoms with Crippen molar-refractivity contribution in [2.45, 2.75) is 46.0 Å². The second-order valence-electron chi connectivity index (χ2n) is 8.07. The summed E-state index contributed by atoms with van der Waals surface area (Å²) in [5.41, 5.74) is 0.0310. The molecule has 0 aliphatic heterocycles. The molecule has 6 atom stereocenters. The number of Topliss-reactive ketones (excluding diaryl/α,β-unsaturated/α-hetero) is 1. The van der Waals surface area contributed by atoms with Crippen molar-refractivity contribution in [2.24, 2.45) is 34.5 Å². The molecular formula is C19H24O2. The Balaban J connectivity index is 1.74. The molecule has 0 aromatic heterocycles. The summed E-state index contributed by atoms with van der Waals surface area (Å²) in [7, 11) is 0. The summed E-state index contributed by atoms with van der Waals surface area (Å²) in [5.74, 6) is 2.75. The number of allylic oxidation sites excluding steroid dienone is 4. The van der Waals surface area contributed by atoms with E-state index in [1.54, 1.807) is 6.08 Å². The lowest BCUT2D eigenvalue weighted by Crippen LogP contribution is -2.50. The van der Waals surface area contributed by atoms with Crippen LogP contribution in [0.25, 0.3) is 0 Å². The van der Waals surface area contributed by atoms with Crippen LogP contribution in [0.4, 0.5) is 0 Å². The molecule has 0 amide bonds. The van der Waals surface area contributed by atoms with Gasteiger partial charge in [0.15, 0.2) is 5.78 Å². The molecule has 0 N–H and O–H groups in total. The third-order valence-corrected chi connectivity index (χ3v) is 7.25. The van der Waals surface area contributed by atoms with Gasteiger partial charge in [0.1, 0.15) is 5.78 Å². The van der Waals surface area contributed by atoms with Gasteiger partial charge in [0, 0.05) is 18.3 Å². The molecule has 0 saturated heterocycles. The van der Waals surface area contributed by atoms with Crippen LogP contribution in [0.5, 0.6) is 0 Å². The molecule has 4 rings (SSSR count). The molecule has 0 radical (unpaired) electrons.